The summed E-state index contributed by atoms with van der Waals surface area (Å²) in [5, 5.41) is 13.4. The van der Waals surface area contributed by atoms with Crippen LogP contribution in [0.15, 0.2) is 48.7 Å². The Labute approximate surface area is 148 Å². The van der Waals surface area contributed by atoms with E-state index >= 15 is 0 Å². The van der Waals surface area contributed by atoms with Crippen molar-refractivity contribution in [3.8, 4) is 5.69 Å². The second-order valence-electron chi connectivity index (χ2n) is 5.51. The van der Waals surface area contributed by atoms with Crippen LogP contribution in [0.5, 0.6) is 0 Å². The maximum Gasteiger partial charge on any atom is 0.277 e. The van der Waals surface area contributed by atoms with Gasteiger partial charge in [-0.2, -0.15) is 9.90 Å². The first-order chi connectivity index (χ1) is 12.5. The van der Waals surface area contributed by atoms with Crippen molar-refractivity contribution in [2.75, 3.05) is 12.4 Å². The molecule has 7 nitrogen and oxygen atoms in total. The SMILES string of the molecule is CNC(=O)c1cccc(NC(=O)c2cnn(-c3ccc(F)cc3)n2)c1C. The molecule has 0 saturated heterocycles. The summed E-state index contributed by atoms with van der Waals surface area (Å²) in [7, 11) is 1.54. The molecular formula is C18H16FN5O2. The van der Waals surface area contributed by atoms with Crippen molar-refractivity contribution in [3.63, 3.8) is 0 Å². The molecule has 0 spiro atoms. The Morgan fingerprint density at radius 3 is 2.50 bits per heavy atom. The number of nitrogens with zero attached hydrogens (tertiary/aromatic N) is 3. The third kappa shape index (κ3) is 3.44. The van der Waals surface area contributed by atoms with Gasteiger partial charge in [0.2, 0.25) is 0 Å². The molecule has 26 heavy (non-hydrogen) atoms. The average molecular weight is 353 g/mol. The molecule has 2 aromatic carbocycles. The van der Waals surface area contributed by atoms with Gasteiger partial charge in [0.1, 0.15) is 5.82 Å². The van der Waals surface area contributed by atoms with E-state index < -0.39 is 5.91 Å². The Hall–Kier alpha value is -3.55. The summed E-state index contributed by atoms with van der Waals surface area (Å²) in [4.78, 5) is 25.5. The van der Waals surface area contributed by atoms with Crippen molar-refractivity contribution in [2.45, 2.75) is 6.92 Å². The number of halogens is 1. The minimum Gasteiger partial charge on any atom is -0.355 e. The molecule has 2 N–H and O–H groups in total. The first kappa shape index (κ1) is 17.3. The quantitative estimate of drug-likeness (QED) is 0.753. The summed E-state index contributed by atoms with van der Waals surface area (Å²) in [6.45, 7) is 1.75. The van der Waals surface area contributed by atoms with E-state index in [0.717, 1.165) is 0 Å². The first-order valence-electron chi connectivity index (χ1n) is 7.81. The van der Waals surface area contributed by atoms with Crippen molar-refractivity contribution < 1.29 is 14.0 Å². The van der Waals surface area contributed by atoms with E-state index in [1.165, 1.54) is 35.3 Å². The van der Waals surface area contributed by atoms with Gasteiger partial charge < -0.3 is 10.6 Å². The van der Waals surface area contributed by atoms with Crippen molar-refractivity contribution >= 4 is 17.5 Å². The van der Waals surface area contributed by atoms with E-state index in [4.69, 9.17) is 0 Å². The van der Waals surface area contributed by atoms with Crippen LogP contribution in [0.2, 0.25) is 0 Å². The van der Waals surface area contributed by atoms with E-state index in [-0.39, 0.29) is 17.4 Å². The standard InChI is InChI=1S/C18H16FN5O2/c1-11-14(17(25)20-2)4-3-5-15(11)22-18(26)16-10-21-24(23-16)13-8-6-12(19)7-9-13/h3-10H,1-2H3,(H,20,25)(H,22,26). The number of carbonyl (C=O) groups excluding carboxylic acids is 2. The number of hydrogen-bond acceptors (Lipinski definition) is 4. The van der Waals surface area contributed by atoms with Crippen LogP contribution in [0.1, 0.15) is 26.4 Å². The maximum atomic E-state index is 13.0. The number of carbonyl (C=O) groups is 2. The zero-order valence-corrected chi connectivity index (χ0v) is 14.2. The molecular weight excluding hydrogens is 337 g/mol. The lowest BCUT2D eigenvalue weighted by atomic mass is 10.1. The molecule has 1 aromatic heterocycles. The van der Waals surface area contributed by atoms with Crippen molar-refractivity contribution in [1.82, 2.24) is 20.3 Å². The summed E-state index contributed by atoms with van der Waals surface area (Å²) in [6.07, 6.45) is 1.32. The highest BCUT2D eigenvalue weighted by Gasteiger charge is 2.15. The summed E-state index contributed by atoms with van der Waals surface area (Å²) in [5.41, 5.74) is 2.25. The number of benzene rings is 2. The molecule has 0 aliphatic carbocycles. The molecule has 1 heterocycles. The zero-order chi connectivity index (χ0) is 18.7. The molecule has 0 atom stereocenters. The van der Waals surface area contributed by atoms with Crippen LogP contribution in [0.25, 0.3) is 5.69 Å². The molecule has 0 fully saturated rings. The largest absolute Gasteiger partial charge is 0.355 e. The Kier molecular flexibility index (Phi) is 4.74. The van der Waals surface area contributed by atoms with Crippen LogP contribution in [-0.4, -0.2) is 33.9 Å². The molecule has 0 radical (unpaired) electrons. The Bertz CT molecular complexity index is 966. The van der Waals surface area contributed by atoms with E-state index in [9.17, 15) is 14.0 Å². The molecule has 0 aliphatic heterocycles. The lowest BCUT2D eigenvalue weighted by molar-refractivity contribution is 0.0960. The Balaban J connectivity index is 1.81. The zero-order valence-electron chi connectivity index (χ0n) is 14.2. The highest BCUT2D eigenvalue weighted by Crippen LogP contribution is 2.19. The number of nitrogens with one attached hydrogen (secondary N) is 2. The number of anilines is 1. The summed E-state index contributed by atoms with van der Waals surface area (Å²) >= 11 is 0. The fraction of sp³-hybridized carbons (Fsp3) is 0.111. The lowest BCUT2D eigenvalue weighted by Gasteiger charge is -2.10. The van der Waals surface area contributed by atoms with Gasteiger partial charge in [0, 0.05) is 18.3 Å². The van der Waals surface area contributed by atoms with Gasteiger partial charge in [-0.25, -0.2) is 4.39 Å². The predicted octanol–water partition coefficient (Wildman–Crippen LogP) is 2.33. The van der Waals surface area contributed by atoms with Gasteiger partial charge in [0.15, 0.2) is 5.69 Å². The van der Waals surface area contributed by atoms with Crippen LogP contribution in [0.4, 0.5) is 10.1 Å². The molecule has 2 amide bonds. The van der Waals surface area contributed by atoms with Gasteiger partial charge >= 0.3 is 0 Å². The van der Waals surface area contributed by atoms with Crippen molar-refractivity contribution in [2.24, 2.45) is 0 Å². The minimum atomic E-state index is -0.462. The number of rotatable bonds is 4. The third-order valence-corrected chi connectivity index (χ3v) is 3.84. The van der Waals surface area contributed by atoms with Crippen molar-refractivity contribution in [1.29, 1.82) is 0 Å². The number of amides is 2. The van der Waals surface area contributed by atoms with Crippen molar-refractivity contribution in [3.05, 3.63) is 71.3 Å². The van der Waals surface area contributed by atoms with Crippen LogP contribution >= 0.6 is 0 Å². The van der Waals surface area contributed by atoms with E-state index in [0.29, 0.717) is 22.5 Å². The van der Waals surface area contributed by atoms with Crippen LogP contribution < -0.4 is 10.6 Å². The minimum absolute atomic E-state index is 0.0964. The van der Waals surface area contributed by atoms with Gasteiger partial charge in [-0.1, -0.05) is 6.07 Å². The summed E-state index contributed by atoms with van der Waals surface area (Å²) < 4.78 is 13.0. The molecule has 0 aliphatic rings. The first-order valence-corrected chi connectivity index (χ1v) is 7.81. The Morgan fingerprint density at radius 1 is 1.08 bits per heavy atom. The second-order valence-corrected chi connectivity index (χ2v) is 5.51. The highest BCUT2D eigenvalue weighted by molar-refractivity contribution is 6.04. The van der Waals surface area contributed by atoms with Gasteiger partial charge in [-0.05, 0) is 48.9 Å². The van der Waals surface area contributed by atoms with Crippen LogP contribution in [-0.2, 0) is 0 Å². The highest BCUT2D eigenvalue weighted by atomic mass is 19.1. The van der Waals surface area contributed by atoms with Gasteiger partial charge in [-0.15, -0.1) is 5.10 Å². The van der Waals surface area contributed by atoms with Gasteiger partial charge in [0.05, 0.1) is 11.9 Å². The monoisotopic (exact) mass is 353 g/mol. The maximum absolute atomic E-state index is 13.0. The molecule has 3 aromatic rings. The average Bonchev–Trinajstić information content (AvgIpc) is 3.13. The second kappa shape index (κ2) is 7.14. The van der Waals surface area contributed by atoms with Gasteiger partial charge in [-0.3, -0.25) is 9.59 Å². The summed E-state index contributed by atoms with van der Waals surface area (Å²) in [6, 6.07) is 10.6. The smallest absolute Gasteiger partial charge is 0.277 e. The van der Waals surface area contributed by atoms with E-state index in [1.54, 1.807) is 32.2 Å². The lowest BCUT2D eigenvalue weighted by Crippen LogP contribution is -2.20. The van der Waals surface area contributed by atoms with E-state index in [2.05, 4.69) is 20.8 Å². The predicted molar refractivity (Wildman–Crippen MR) is 93.8 cm³/mol. The molecule has 0 bridgehead atoms. The molecule has 8 heteroatoms. The molecule has 3 rings (SSSR count). The van der Waals surface area contributed by atoms with Crippen LogP contribution in [0, 0.1) is 12.7 Å². The summed E-state index contributed by atoms with van der Waals surface area (Å²) in [5.74, 6) is -1.07. The molecule has 132 valence electrons. The third-order valence-electron chi connectivity index (χ3n) is 3.84. The number of aromatic nitrogens is 3. The molecule has 0 unspecified atom stereocenters. The van der Waals surface area contributed by atoms with Gasteiger partial charge in [0.25, 0.3) is 11.8 Å². The topological polar surface area (TPSA) is 88.9 Å². The molecule has 0 saturated carbocycles. The fourth-order valence-corrected chi connectivity index (χ4v) is 2.40. The number of hydrogen-bond donors (Lipinski definition) is 2. The Morgan fingerprint density at radius 2 is 1.81 bits per heavy atom. The van der Waals surface area contributed by atoms with Crippen LogP contribution in [0.3, 0.4) is 0 Å². The fourth-order valence-electron chi connectivity index (χ4n) is 2.40. The normalized spacial score (nSPS) is 10.4. The van der Waals surface area contributed by atoms with E-state index in [1.807, 2.05) is 0 Å².